The van der Waals surface area contributed by atoms with Crippen molar-refractivity contribution in [3.8, 4) is 0 Å². The summed E-state index contributed by atoms with van der Waals surface area (Å²) >= 11 is 5.94. The molecular weight excluding hydrogens is 217 g/mol. The van der Waals surface area contributed by atoms with Crippen molar-refractivity contribution in [1.82, 2.24) is 14.7 Å². The molecule has 2 aromatic heterocycles. The van der Waals surface area contributed by atoms with E-state index in [4.69, 9.17) is 11.6 Å². The average Bonchev–Trinajstić information content (AvgIpc) is 2.57. The maximum atomic E-state index is 13.2. The summed E-state index contributed by atoms with van der Waals surface area (Å²) in [5.74, 6) is -0.335. The Bertz CT molecular complexity index is 535. The highest BCUT2D eigenvalue weighted by Gasteiger charge is 2.17. The molecular formula is C10H9ClFN3. The second kappa shape index (κ2) is 3.18. The van der Waals surface area contributed by atoms with Gasteiger partial charge in [-0.2, -0.15) is 0 Å². The van der Waals surface area contributed by atoms with Crippen LogP contribution in [0.25, 0.3) is 5.65 Å². The van der Waals surface area contributed by atoms with Gasteiger partial charge in [-0.3, -0.25) is 4.40 Å². The van der Waals surface area contributed by atoms with Gasteiger partial charge >= 0.3 is 0 Å². The van der Waals surface area contributed by atoms with Crippen molar-refractivity contribution in [3.05, 3.63) is 34.5 Å². The maximum Gasteiger partial charge on any atom is 0.156 e. The van der Waals surface area contributed by atoms with E-state index in [1.165, 1.54) is 12.3 Å². The SMILES string of the molecule is Fc1cc(Cl)c2nc3c(n2c1)CNCC3. The molecule has 5 heteroatoms. The van der Waals surface area contributed by atoms with Gasteiger partial charge in [0, 0.05) is 25.7 Å². The summed E-state index contributed by atoms with van der Waals surface area (Å²) in [7, 11) is 0. The normalized spacial score (nSPS) is 15.6. The highest BCUT2D eigenvalue weighted by Crippen LogP contribution is 2.23. The smallest absolute Gasteiger partial charge is 0.156 e. The zero-order chi connectivity index (χ0) is 10.4. The van der Waals surface area contributed by atoms with Crippen LogP contribution in [-0.4, -0.2) is 15.9 Å². The van der Waals surface area contributed by atoms with Crippen molar-refractivity contribution in [2.45, 2.75) is 13.0 Å². The molecule has 15 heavy (non-hydrogen) atoms. The molecule has 0 aliphatic carbocycles. The fourth-order valence-electron chi connectivity index (χ4n) is 1.97. The van der Waals surface area contributed by atoms with E-state index >= 15 is 0 Å². The molecule has 3 heterocycles. The van der Waals surface area contributed by atoms with Gasteiger partial charge < -0.3 is 5.32 Å². The van der Waals surface area contributed by atoms with Gasteiger partial charge in [0.2, 0.25) is 0 Å². The first-order valence-electron chi connectivity index (χ1n) is 4.81. The Balaban J connectivity index is 2.37. The van der Waals surface area contributed by atoms with Crippen molar-refractivity contribution < 1.29 is 4.39 Å². The zero-order valence-electron chi connectivity index (χ0n) is 7.93. The Morgan fingerprint density at radius 1 is 1.53 bits per heavy atom. The van der Waals surface area contributed by atoms with E-state index < -0.39 is 0 Å². The molecule has 0 saturated carbocycles. The van der Waals surface area contributed by atoms with Crippen molar-refractivity contribution in [1.29, 1.82) is 0 Å². The summed E-state index contributed by atoms with van der Waals surface area (Å²) < 4.78 is 14.9. The third-order valence-corrected chi connectivity index (χ3v) is 2.93. The van der Waals surface area contributed by atoms with E-state index in [2.05, 4.69) is 10.3 Å². The van der Waals surface area contributed by atoms with E-state index in [9.17, 15) is 4.39 Å². The van der Waals surface area contributed by atoms with Crippen LogP contribution in [0.4, 0.5) is 4.39 Å². The van der Waals surface area contributed by atoms with Gasteiger partial charge in [0.15, 0.2) is 5.65 Å². The number of halogens is 2. The van der Waals surface area contributed by atoms with Crippen molar-refractivity contribution in [3.63, 3.8) is 0 Å². The summed E-state index contributed by atoms with van der Waals surface area (Å²) in [6.07, 6.45) is 2.30. The Hall–Kier alpha value is -1.13. The van der Waals surface area contributed by atoms with Crippen LogP contribution >= 0.6 is 11.6 Å². The molecule has 78 valence electrons. The maximum absolute atomic E-state index is 13.2. The van der Waals surface area contributed by atoms with Crippen LogP contribution in [0.2, 0.25) is 5.02 Å². The number of nitrogens with one attached hydrogen (secondary N) is 1. The summed E-state index contributed by atoms with van der Waals surface area (Å²) in [4.78, 5) is 4.42. The lowest BCUT2D eigenvalue weighted by atomic mass is 10.2. The Morgan fingerprint density at radius 3 is 3.27 bits per heavy atom. The van der Waals surface area contributed by atoms with Gasteiger partial charge in [-0.1, -0.05) is 11.6 Å². The number of imidazole rings is 1. The first-order chi connectivity index (χ1) is 7.25. The first kappa shape index (κ1) is 9.12. The minimum absolute atomic E-state index is 0.335. The molecule has 2 aromatic rings. The number of aromatic nitrogens is 2. The van der Waals surface area contributed by atoms with Gasteiger partial charge in [0.25, 0.3) is 0 Å². The van der Waals surface area contributed by atoms with Crippen LogP contribution in [0.5, 0.6) is 0 Å². The number of rotatable bonds is 0. The van der Waals surface area contributed by atoms with Crippen LogP contribution in [0.1, 0.15) is 11.4 Å². The predicted octanol–water partition coefficient (Wildman–Crippen LogP) is 1.77. The molecule has 0 saturated heterocycles. The Morgan fingerprint density at radius 2 is 2.40 bits per heavy atom. The van der Waals surface area contributed by atoms with Crippen LogP contribution in [-0.2, 0) is 13.0 Å². The molecule has 0 amide bonds. The lowest BCUT2D eigenvalue weighted by Crippen LogP contribution is -2.24. The fraction of sp³-hybridized carbons (Fsp3) is 0.300. The van der Waals surface area contributed by atoms with Gasteiger partial charge in [-0.15, -0.1) is 0 Å². The third-order valence-electron chi connectivity index (χ3n) is 2.65. The molecule has 0 fully saturated rings. The number of hydrogen-bond donors (Lipinski definition) is 1. The summed E-state index contributed by atoms with van der Waals surface area (Å²) in [5.41, 5.74) is 2.67. The van der Waals surface area contributed by atoms with E-state index in [-0.39, 0.29) is 5.82 Å². The fourth-order valence-corrected chi connectivity index (χ4v) is 2.21. The minimum atomic E-state index is -0.335. The summed E-state index contributed by atoms with van der Waals surface area (Å²) in [6, 6.07) is 1.29. The van der Waals surface area contributed by atoms with E-state index in [0.29, 0.717) is 10.7 Å². The lowest BCUT2D eigenvalue weighted by Gasteiger charge is -2.11. The topological polar surface area (TPSA) is 29.3 Å². The molecule has 0 atom stereocenters. The Kier molecular flexibility index (Phi) is 1.94. The van der Waals surface area contributed by atoms with E-state index in [0.717, 1.165) is 30.9 Å². The van der Waals surface area contributed by atoms with Gasteiger partial charge in [0.05, 0.1) is 16.4 Å². The van der Waals surface area contributed by atoms with Crippen LogP contribution in [0, 0.1) is 5.82 Å². The highest BCUT2D eigenvalue weighted by molar-refractivity contribution is 6.33. The number of fused-ring (bicyclic) bond motifs is 3. The largest absolute Gasteiger partial charge is 0.311 e. The third kappa shape index (κ3) is 1.33. The van der Waals surface area contributed by atoms with Crippen molar-refractivity contribution in [2.24, 2.45) is 0 Å². The van der Waals surface area contributed by atoms with Crippen LogP contribution < -0.4 is 5.32 Å². The standard InChI is InChI=1S/C10H9ClFN3/c11-7-3-6(12)5-15-9-4-13-2-1-8(9)14-10(7)15/h3,5,13H,1-2,4H2. The molecule has 1 aliphatic rings. The summed E-state index contributed by atoms with van der Waals surface area (Å²) in [6.45, 7) is 1.63. The molecule has 3 rings (SSSR count). The average molecular weight is 226 g/mol. The van der Waals surface area contributed by atoms with E-state index in [1.807, 2.05) is 0 Å². The van der Waals surface area contributed by atoms with Crippen molar-refractivity contribution >= 4 is 17.2 Å². The lowest BCUT2D eigenvalue weighted by molar-refractivity contribution is 0.602. The monoisotopic (exact) mass is 225 g/mol. The Labute approximate surface area is 90.9 Å². The summed E-state index contributed by atoms with van der Waals surface area (Å²) in [5, 5.41) is 3.60. The van der Waals surface area contributed by atoms with Gasteiger partial charge in [-0.05, 0) is 6.07 Å². The predicted molar refractivity (Wildman–Crippen MR) is 55.6 cm³/mol. The molecule has 0 aromatic carbocycles. The zero-order valence-corrected chi connectivity index (χ0v) is 8.68. The number of pyridine rings is 1. The highest BCUT2D eigenvalue weighted by atomic mass is 35.5. The molecule has 1 aliphatic heterocycles. The molecule has 0 spiro atoms. The molecule has 0 radical (unpaired) electrons. The quantitative estimate of drug-likeness (QED) is 0.741. The van der Waals surface area contributed by atoms with Crippen molar-refractivity contribution in [2.75, 3.05) is 6.54 Å². The number of hydrogen-bond acceptors (Lipinski definition) is 2. The molecule has 1 N–H and O–H groups in total. The van der Waals surface area contributed by atoms with Crippen LogP contribution in [0.3, 0.4) is 0 Å². The van der Waals surface area contributed by atoms with Gasteiger partial charge in [0.1, 0.15) is 5.82 Å². The second-order valence-corrected chi connectivity index (χ2v) is 4.04. The van der Waals surface area contributed by atoms with E-state index in [1.54, 1.807) is 4.40 Å². The molecule has 0 bridgehead atoms. The number of nitrogens with zero attached hydrogens (tertiary/aromatic N) is 2. The molecule has 3 nitrogen and oxygen atoms in total. The van der Waals surface area contributed by atoms with Crippen LogP contribution in [0.15, 0.2) is 12.3 Å². The van der Waals surface area contributed by atoms with Gasteiger partial charge in [-0.25, -0.2) is 9.37 Å². The minimum Gasteiger partial charge on any atom is -0.311 e. The molecule has 0 unspecified atom stereocenters. The first-order valence-corrected chi connectivity index (χ1v) is 5.19. The second-order valence-electron chi connectivity index (χ2n) is 3.63.